The molecule has 1 aliphatic heterocycles. The number of carbonyl (C=O) groups is 1. The van der Waals surface area contributed by atoms with E-state index in [0.29, 0.717) is 25.9 Å². The number of rotatable bonds is 5. The average Bonchev–Trinajstić information content (AvgIpc) is 2.58. The van der Waals surface area contributed by atoms with Gasteiger partial charge in [0, 0.05) is 25.1 Å². The smallest absolute Gasteiger partial charge is 0.223 e. The number of amides is 1. The Hall–Kier alpha value is -2.18. The van der Waals surface area contributed by atoms with Crippen LogP contribution in [0.25, 0.3) is 0 Å². The number of halogens is 2. The fourth-order valence-corrected chi connectivity index (χ4v) is 3.42. The maximum Gasteiger partial charge on any atom is 0.223 e. The fraction of sp³-hybridized carbons (Fsp3) is 0.471. The van der Waals surface area contributed by atoms with Gasteiger partial charge in [-0.1, -0.05) is 11.8 Å². The Morgan fingerprint density at radius 1 is 1.31 bits per heavy atom. The normalized spacial score (nSPS) is 15.8. The van der Waals surface area contributed by atoms with Crippen LogP contribution < -0.4 is 10.1 Å². The summed E-state index contributed by atoms with van der Waals surface area (Å²) in [5.74, 6) is 3.31. The summed E-state index contributed by atoms with van der Waals surface area (Å²) in [5.41, 5.74) is 0. The number of sulfonamides is 1. The lowest BCUT2D eigenvalue weighted by atomic mass is 9.97. The lowest BCUT2D eigenvalue weighted by Crippen LogP contribution is -2.42. The highest BCUT2D eigenvalue weighted by Crippen LogP contribution is 2.19. The number of benzene rings is 1. The van der Waals surface area contributed by atoms with Crippen molar-refractivity contribution in [2.24, 2.45) is 5.92 Å². The second-order valence-electron chi connectivity index (χ2n) is 5.87. The molecule has 1 amide bonds. The number of hydrogen-bond acceptors (Lipinski definition) is 4. The van der Waals surface area contributed by atoms with E-state index < -0.39 is 21.7 Å². The van der Waals surface area contributed by atoms with Gasteiger partial charge in [0.15, 0.2) is 11.6 Å². The Morgan fingerprint density at radius 3 is 2.62 bits per heavy atom. The van der Waals surface area contributed by atoms with E-state index in [0.717, 1.165) is 18.4 Å². The summed E-state index contributed by atoms with van der Waals surface area (Å²) in [5, 5.41) is 2.66. The summed E-state index contributed by atoms with van der Waals surface area (Å²) in [4.78, 5) is 12.0. The molecule has 0 radical (unpaired) electrons. The van der Waals surface area contributed by atoms with Crippen LogP contribution in [0.2, 0.25) is 0 Å². The number of ether oxygens (including phenoxy) is 1. The van der Waals surface area contributed by atoms with Crippen LogP contribution in [0.5, 0.6) is 5.75 Å². The van der Waals surface area contributed by atoms with Gasteiger partial charge < -0.3 is 10.1 Å². The molecule has 1 aliphatic rings. The van der Waals surface area contributed by atoms with E-state index in [-0.39, 0.29) is 30.7 Å². The van der Waals surface area contributed by atoms with E-state index in [4.69, 9.17) is 4.74 Å². The van der Waals surface area contributed by atoms with Crippen molar-refractivity contribution in [1.29, 1.82) is 0 Å². The molecule has 0 atom stereocenters. The first-order valence-electron chi connectivity index (χ1n) is 8.04. The van der Waals surface area contributed by atoms with Crippen LogP contribution in [0.3, 0.4) is 0 Å². The predicted octanol–water partition coefficient (Wildman–Crippen LogP) is 1.13. The zero-order valence-corrected chi connectivity index (χ0v) is 15.1. The summed E-state index contributed by atoms with van der Waals surface area (Å²) in [7, 11) is -3.21. The molecule has 2 rings (SSSR count). The summed E-state index contributed by atoms with van der Waals surface area (Å²) in [6.07, 6.45) is 2.10. The Kier molecular flexibility index (Phi) is 6.94. The van der Waals surface area contributed by atoms with Crippen molar-refractivity contribution < 1.29 is 26.7 Å². The summed E-state index contributed by atoms with van der Waals surface area (Å²) in [6.45, 7) is 0.685. The summed E-state index contributed by atoms with van der Waals surface area (Å²) in [6, 6.07) is 2.98. The largest absolute Gasteiger partial charge is 0.478 e. The highest BCUT2D eigenvalue weighted by atomic mass is 32.2. The van der Waals surface area contributed by atoms with E-state index in [1.807, 2.05) is 0 Å². The van der Waals surface area contributed by atoms with Gasteiger partial charge in [0.05, 0.1) is 12.8 Å². The van der Waals surface area contributed by atoms with Crippen LogP contribution in [-0.4, -0.2) is 51.1 Å². The predicted molar refractivity (Wildman–Crippen MR) is 91.8 cm³/mol. The standard InChI is InChI=1S/C17H20F2N2O4S/c1-26(23,24)21-9-6-13(7-10-21)17(22)20-8-2-3-11-25-16-5-4-14(18)12-15(16)19/h4-5,12-13H,6-11H2,1H3,(H,20,22). The number of nitrogens with one attached hydrogen (secondary N) is 1. The molecule has 9 heteroatoms. The van der Waals surface area contributed by atoms with Crippen molar-refractivity contribution in [1.82, 2.24) is 9.62 Å². The lowest BCUT2D eigenvalue weighted by molar-refractivity contribution is -0.125. The topological polar surface area (TPSA) is 75.7 Å². The van der Waals surface area contributed by atoms with E-state index >= 15 is 0 Å². The molecule has 1 aromatic carbocycles. The Balaban J connectivity index is 1.69. The second-order valence-corrected chi connectivity index (χ2v) is 7.85. The molecule has 6 nitrogen and oxygen atoms in total. The monoisotopic (exact) mass is 386 g/mol. The Bertz CT molecular complexity index is 810. The van der Waals surface area contributed by atoms with Crippen LogP contribution in [0.1, 0.15) is 12.8 Å². The van der Waals surface area contributed by atoms with Gasteiger partial charge in [-0.05, 0) is 25.0 Å². The minimum Gasteiger partial charge on any atom is -0.478 e. The first kappa shape index (κ1) is 20.1. The molecule has 0 aromatic heterocycles. The number of piperidine rings is 1. The molecule has 1 heterocycles. The van der Waals surface area contributed by atoms with Crippen LogP contribution in [0.15, 0.2) is 18.2 Å². The summed E-state index contributed by atoms with van der Waals surface area (Å²) >= 11 is 0. The molecule has 1 aromatic rings. The third kappa shape index (κ3) is 5.97. The maximum atomic E-state index is 13.3. The number of hydrogen-bond donors (Lipinski definition) is 1. The molecule has 142 valence electrons. The van der Waals surface area contributed by atoms with Gasteiger partial charge in [0.1, 0.15) is 12.4 Å². The van der Waals surface area contributed by atoms with Crippen molar-refractivity contribution in [3.05, 3.63) is 29.8 Å². The van der Waals surface area contributed by atoms with Crippen molar-refractivity contribution in [2.45, 2.75) is 12.8 Å². The molecule has 0 saturated carbocycles. The summed E-state index contributed by atoms with van der Waals surface area (Å²) < 4.78 is 55.4. The van der Waals surface area contributed by atoms with Gasteiger partial charge in [-0.3, -0.25) is 4.79 Å². The molecule has 0 spiro atoms. The molecule has 1 fully saturated rings. The van der Waals surface area contributed by atoms with Gasteiger partial charge >= 0.3 is 0 Å². The highest BCUT2D eigenvalue weighted by Gasteiger charge is 2.28. The minimum atomic E-state index is -3.21. The van der Waals surface area contributed by atoms with Crippen molar-refractivity contribution >= 4 is 15.9 Å². The van der Waals surface area contributed by atoms with Crippen LogP contribution in [-0.2, 0) is 14.8 Å². The van der Waals surface area contributed by atoms with Crippen LogP contribution >= 0.6 is 0 Å². The molecular weight excluding hydrogens is 366 g/mol. The number of carbonyl (C=O) groups excluding carboxylic acids is 1. The van der Waals surface area contributed by atoms with Crippen molar-refractivity contribution in [2.75, 3.05) is 32.5 Å². The molecule has 0 aliphatic carbocycles. The minimum absolute atomic E-state index is 0.0921. The van der Waals surface area contributed by atoms with Crippen LogP contribution in [0.4, 0.5) is 8.78 Å². The van der Waals surface area contributed by atoms with Crippen molar-refractivity contribution in [3.63, 3.8) is 0 Å². The van der Waals surface area contributed by atoms with Gasteiger partial charge in [-0.15, -0.1) is 0 Å². The van der Waals surface area contributed by atoms with Crippen molar-refractivity contribution in [3.8, 4) is 17.6 Å². The van der Waals surface area contributed by atoms with E-state index in [2.05, 4.69) is 17.2 Å². The Morgan fingerprint density at radius 2 is 2.00 bits per heavy atom. The van der Waals surface area contributed by atoms with Gasteiger partial charge in [-0.2, -0.15) is 0 Å². The second kappa shape index (κ2) is 8.96. The van der Waals surface area contributed by atoms with E-state index in [9.17, 15) is 22.0 Å². The average molecular weight is 386 g/mol. The molecule has 1 N–H and O–H groups in total. The molecule has 0 unspecified atom stereocenters. The van der Waals surface area contributed by atoms with Gasteiger partial charge in [0.2, 0.25) is 15.9 Å². The van der Waals surface area contributed by atoms with E-state index in [1.54, 1.807) is 0 Å². The van der Waals surface area contributed by atoms with Crippen LogP contribution in [0, 0.1) is 29.4 Å². The SMILES string of the molecule is CS(=O)(=O)N1CCC(C(=O)NCC#CCOc2ccc(F)cc2F)CC1. The highest BCUT2D eigenvalue weighted by molar-refractivity contribution is 7.88. The molecule has 26 heavy (non-hydrogen) atoms. The third-order valence-electron chi connectivity index (χ3n) is 3.96. The zero-order valence-electron chi connectivity index (χ0n) is 14.3. The fourth-order valence-electron chi connectivity index (χ4n) is 2.54. The maximum absolute atomic E-state index is 13.3. The molecular formula is C17H20F2N2O4S. The first-order valence-corrected chi connectivity index (χ1v) is 9.88. The third-order valence-corrected chi connectivity index (χ3v) is 5.27. The quantitative estimate of drug-likeness (QED) is 0.770. The van der Waals surface area contributed by atoms with Gasteiger partial charge in [0.25, 0.3) is 0 Å². The first-order chi connectivity index (χ1) is 12.3. The zero-order chi connectivity index (χ0) is 19.2. The lowest BCUT2D eigenvalue weighted by Gasteiger charge is -2.29. The molecule has 1 saturated heterocycles. The van der Waals surface area contributed by atoms with E-state index in [1.165, 1.54) is 10.4 Å². The molecule has 0 bridgehead atoms. The number of nitrogens with zero attached hydrogens (tertiary/aromatic N) is 1. The Labute approximate surface area is 151 Å². The van der Waals surface area contributed by atoms with Gasteiger partial charge in [-0.25, -0.2) is 21.5 Å².